The minimum atomic E-state index is -0.408. The van der Waals surface area contributed by atoms with Gasteiger partial charge in [-0.15, -0.1) is 0 Å². The van der Waals surface area contributed by atoms with Gasteiger partial charge in [0.2, 0.25) is 11.8 Å². The Morgan fingerprint density at radius 3 is 1.68 bits per heavy atom. The van der Waals surface area contributed by atoms with E-state index in [-0.39, 0.29) is 23.7 Å². The number of nitrogens with zero attached hydrogens (tertiary/aromatic N) is 2. The maximum atomic E-state index is 14.2. The fraction of sp³-hybridized carbons (Fsp3) is 0.121. The average molecular weight is 479 g/mol. The summed E-state index contributed by atoms with van der Waals surface area (Å²) in [5, 5.41) is 0.927. The Bertz CT molecular complexity index is 1640. The molecule has 2 atom stereocenters. The smallest absolute Gasteiger partial charge is 0.238 e. The Morgan fingerprint density at radius 2 is 1.11 bits per heavy atom. The molecule has 0 radical (unpaired) electrons. The van der Waals surface area contributed by atoms with Crippen molar-refractivity contribution >= 4 is 28.4 Å². The fourth-order valence-corrected chi connectivity index (χ4v) is 7.13. The predicted molar refractivity (Wildman–Crippen MR) is 143 cm³/mol. The van der Waals surface area contributed by atoms with Crippen molar-refractivity contribution in [2.45, 2.75) is 11.8 Å². The summed E-state index contributed by atoms with van der Waals surface area (Å²) in [6.45, 7) is 0. The molecule has 2 bridgehead atoms. The number of fused-ring (bicyclic) bond motifs is 1. The molecule has 3 aliphatic carbocycles. The third-order valence-corrected chi connectivity index (χ3v) is 8.52. The summed E-state index contributed by atoms with van der Waals surface area (Å²) in [4.78, 5) is 34.6. The molecule has 0 unspecified atom stereocenters. The van der Waals surface area contributed by atoms with Crippen LogP contribution in [0.1, 0.15) is 34.1 Å². The summed E-state index contributed by atoms with van der Waals surface area (Å²) in [7, 11) is 0. The fourth-order valence-electron chi connectivity index (χ4n) is 7.13. The zero-order valence-corrected chi connectivity index (χ0v) is 19.9. The molecule has 0 N–H and O–H groups in total. The third kappa shape index (κ3) is 2.65. The van der Waals surface area contributed by atoms with E-state index in [4.69, 9.17) is 0 Å². The highest BCUT2D eigenvalue weighted by atomic mass is 16.2. The number of anilines is 1. The van der Waals surface area contributed by atoms with E-state index < -0.39 is 11.8 Å². The van der Waals surface area contributed by atoms with Crippen LogP contribution in [-0.2, 0) is 9.59 Å². The molecule has 1 saturated heterocycles. The van der Waals surface area contributed by atoms with Gasteiger partial charge in [-0.1, -0.05) is 91.0 Å². The second kappa shape index (κ2) is 7.47. The maximum absolute atomic E-state index is 14.2. The van der Waals surface area contributed by atoms with Crippen LogP contribution in [0.5, 0.6) is 0 Å². The lowest BCUT2D eigenvalue weighted by atomic mass is 9.55. The monoisotopic (exact) mass is 478 g/mol. The van der Waals surface area contributed by atoms with Crippen molar-refractivity contribution in [1.29, 1.82) is 0 Å². The highest BCUT2D eigenvalue weighted by Gasteiger charge is 2.61. The molecule has 4 nitrogen and oxygen atoms in total. The molecule has 2 heterocycles. The number of rotatable bonds is 2. The molecule has 4 heteroatoms. The highest BCUT2D eigenvalue weighted by Crippen LogP contribution is 2.61. The van der Waals surface area contributed by atoms with E-state index in [1.807, 2.05) is 66.7 Å². The summed E-state index contributed by atoms with van der Waals surface area (Å²) in [6.07, 6.45) is 1.77. The Morgan fingerprint density at radius 1 is 0.568 bits per heavy atom. The number of amides is 2. The van der Waals surface area contributed by atoms with Gasteiger partial charge in [-0.25, -0.2) is 4.90 Å². The van der Waals surface area contributed by atoms with Crippen LogP contribution in [0.4, 0.5) is 5.69 Å². The van der Waals surface area contributed by atoms with Crippen LogP contribution in [-0.4, -0.2) is 16.8 Å². The first kappa shape index (κ1) is 20.6. The van der Waals surface area contributed by atoms with Crippen molar-refractivity contribution in [2.75, 3.05) is 4.90 Å². The van der Waals surface area contributed by atoms with Gasteiger partial charge in [0, 0.05) is 23.4 Å². The minimum Gasteiger partial charge on any atom is -0.274 e. The second-order valence-electron chi connectivity index (χ2n) is 10.2. The second-order valence-corrected chi connectivity index (χ2v) is 10.2. The van der Waals surface area contributed by atoms with E-state index in [0.717, 1.165) is 16.5 Å². The molecule has 176 valence electrons. The van der Waals surface area contributed by atoms with Gasteiger partial charge in [-0.3, -0.25) is 14.6 Å². The van der Waals surface area contributed by atoms with Crippen LogP contribution < -0.4 is 4.90 Å². The van der Waals surface area contributed by atoms with E-state index >= 15 is 0 Å². The number of hydrogen-bond acceptors (Lipinski definition) is 3. The zero-order chi connectivity index (χ0) is 24.7. The maximum Gasteiger partial charge on any atom is 0.238 e. The Balaban J connectivity index is 1.32. The van der Waals surface area contributed by atoms with Crippen LogP contribution in [0.3, 0.4) is 0 Å². The van der Waals surface area contributed by atoms with E-state index in [2.05, 4.69) is 41.4 Å². The van der Waals surface area contributed by atoms with Gasteiger partial charge in [0.15, 0.2) is 0 Å². The number of carbonyl (C=O) groups excluding carboxylic acids is 2. The van der Waals surface area contributed by atoms with Crippen molar-refractivity contribution in [3.8, 4) is 11.1 Å². The van der Waals surface area contributed by atoms with Gasteiger partial charge in [0.05, 0.1) is 23.0 Å². The zero-order valence-electron chi connectivity index (χ0n) is 19.9. The lowest BCUT2D eigenvalue weighted by Crippen LogP contribution is -2.41. The van der Waals surface area contributed by atoms with E-state index in [1.54, 1.807) is 6.20 Å². The number of imide groups is 1. The largest absolute Gasteiger partial charge is 0.274 e. The van der Waals surface area contributed by atoms with E-state index in [1.165, 1.54) is 27.2 Å². The van der Waals surface area contributed by atoms with E-state index in [0.29, 0.717) is 11.2 Å². The predicted octanol–water partition coefficient (Wildman–Crippen LogP) is 6.30. The first-order valence-electron chi connectivity index (χ1n) is 12.7. The van der Waals surface area contributed by atoms with Crippen LogP contribution in [0.15, 0.2) is 109 Å². The van der Waals surface area contributed by atoms with Gasteiger partial charge in [0.25, 0.3) is 0 Å². The van der Waals surface area contributed by atoms with Gasteiger partial charge in [-0.2, -0.15) is 0 Å². The lowest BCUT2D eigenvalue weighted by molar-refractivity contribution is -0.122. The SMILES string of the molecule is O=C1[C@H]2C3c4ccccc4C(c4ccccc43)[C@@H]2C(=O)N1c1cccc2c(-c3ccccc3)ccnc12. The van der Waals surface area contributed by atoms with Crippen LogP contribution in [0.2, 0.25) is 0 Å². The number of hydrogen-bond donors (Lipinski definition) is 0. The summed E-state index contributed by atoms with van der Waals surface area (Å²) >= 11 is 0. The molecular weight excluding hydrogens is 456 g/mol. The number of pyridine rings is 1. The Hall–Kier alpha value is -4.57. The molecule has 9 rings (SSSR count). The molecule has 0 saturated carbocycles. The van der Waals surface area contributed by atoms with Gasteiger partial charge in [0.1, 0.15) is 0 Å². The lowest BCUT2D eigenvalue weighted by Gasteiger charge is -2.45. The molecule has 4 aliphatic rings. The van der Waals surface area contributed by atoms with Crippen LogP contribution >= 0.6 is 0 Å². The molecule has 1 fully saturated rings. The Labute approximate surface area is 214 Å². The van der Waals surface area contributed by atoms with Gasteiger partial charge in [-0.05, 0) is 45.5 Å². The van der Waals surface area contributed by atoms with Crippen molar-refractivity contribution in [2.24, 2.45) is 11.8 Å². The third-order valence-electron chi connectivity index (χ3n) is 8.52. The molecule has 1 aromatic heterocycles. The summed E-state index contributed by atoms with van der Waals surface area (Å²) < 4.78 is 0. The molecule has 37 heavy (non-hydrogen) atoms. The average Bonchev–Trinajstić information content (AvgIpc) is 3.23. The summed E-state index contributed by atoms with van der Waals surface area (Å²) in [6, 6.07) is 34.6. The van der Waals surface area contributed by atoms with Gasteiger partial charge >= 0.3 is 0 Å². The summed E-state index contributed by atoms with van der Waals surface area (Å²) in [5.74, 6) is -1.29. The number of aromatic nitrogens is 1. The van der Waals surface area contributed by atoms with Gasteiger partial charge < -0.3 is 0 Å². The number of benzene rings is 4. The molecular formula is C33H22N2O2. The molecule has 2 amide bonds. The van der Waals surface area contributed by atoms with Crippen molar-refractivity contribution in [3.63, 3.8) is 0 Å². The standard InChI is InChI=1S/C33H22N2O2/c36-32-29-27-21-11-4-5-12-22(21)28(24-14-7-6-13-23(24)27)30(29)33(37)35(32)26-16-8-15-25-20(17-18-34-31(25)26)19-9-2-1-3-10-19/h1-18,27-30H/t27?,28?,29-,30-/m0/s1. The number of carbonyl (C=O) groups is 2. The number of para-hydroxylation sites is 1. The first-order chi connectivity index (χ1) is 18.2. The normalized spacial score (nSPS) is 23.2. The molecule has 0 spiro atoms. The summed E-state index contributed by atoms with van der Waals surface area (Å²) in [5.41, 5.74) is 8.07. The van der Waals surface area contributed by atoms with Crippen LogP contribution in [0.25, 0.3) is 22.0 Å². The van der Waals surface area contributed by atoms with Crippen LogP contribution in [0, 0.1) is 11.8 Å². The van der Waals surface area contributed by atoms with Crippen molar-refractivity contribution in [3.05, 3.63) is 132 Å². The van der Waals surface area contributed by atoms with Crippen molar-refractivity contribution in [1.82, 2.24) is 4.98 Å². The first-order valence-corrected chi connectivity index (χ1v) is 12.7. The Kier molecular flexibility index (Phi) is 4.16. The molecule has 4 aromatic carbocycles. The quantitative estimate of drug-likeness (QED) is 0.280. The molecule has 5 aromatic rings. The molecule has 1 aliphatic heterocycles. The highest BCUT2D eigenvalue weighted by molar-refractivity contribution is 6.26. The topological polar surface area (TPSA) is 50.3 Å². The minimum absolute atomic E-state index is 0.117. The van der Waals surface area contributed by atoms with E-state index in [9.17, 15) is 9.59 Å². The van der Waals surface area contributed by atoms with Crippen molar-refractivity contribution < 1.29 is 9.59 Å².